The number of aliphatic hydroxyl groups excluding tert-OH is 2. The summed E-state index contributed by atoms with van der Waals surface area (Å²) in [4.78, 5) is 50.0. The molecule has 0 amide bonds. The Morgan fingerprint density at radius 1 is 0.727 bits per heavy atom. The lowest BCUT2D eigenvalue weighted by atomic mass is 10.1. The lowest BCUT2D eigenvalue weighted by molar-refractivity contribution is -0.240. The molecule has 0 aromatic carbocycles. The van der Waals surface area contributed by atoms with Crippen LogP contribution in [-0.4, -0.2) is 99.1 Å². The van der Waals surface area contributed by atoms with Gasteiger partial charge in [-0.1, -0.05) is 0 Å². The largest absolute Gasteiger partial charge is 0.756 e. The zero-order chi connectivity index (χ0) is 31.0. The third-order valence-corrected chi connectivity index (χ3v) is 9.17. The van der Waals surface area contributed by atoms with Crippen LogP contribution in [0.2, 0.25) is 0 Å². The van der Waals surface area contributed by atoms with Crippen LogP contribution in [0.5, 0.6) is 0 Å². The molecule has 0 saturated carbocycles. The highest BCUT2D eigenvalue weighted by molar-refractivity contribution is 7.46. The third kappa shape index (κ3) is 5.04. The van der Waals surface area contributed by atoms with Gasteiger partial charge in [0.25, 0.3) is 15.6 Å². The van der Waals surface area contributed by atoms with E-state index >= 15 is 0 Å². The average Bonchev–Trinajstić information content (AvgIpc) is 3.73. The van der Waals surface area contributed by atoms with Crippen LogP contribution in [0.1, 0.15) is 12.5 Å². The number of anilines is 2. The summed E-state index contributed by atoms with van der Waals surface area (Å²) in [5, 5.41) is 22.0. The quantitative estimate of drug-likeness (QED) is 0.157. The predicted octanol–water partition coefficient (Wildman–Crippen LogP) is -2.90. The number of ether oxygens (including phenoxy) is 2. The van der Waals surface area contributed by atoms with Gasteiger partial charge in [-0.3, -0.25) is 18.3 Å². The van der Waals surface area contributed by atoms with Crippen molar-refractivity contribution in [2.24, 2.45) is 0 Å². The van der Waals surface area contributed by atoms with Crippen molar-refractivity contribution in [3.05, 3.63) is 25.3 Å². The molecular formula is C20H22N10O12P2-2. The molecule has 3 aliphatic rings. The Bertz CT molecular complexity index is 1820. The minimum atomic E-state index is -5.31. The van der Waals surface area contributed by atoms with Gasteiger partial charge in [0.2, 0.25) is 0 Å². The molecule has 0 radical (unpaired) electrons. The second-order valence-electron chi connectivity index (χ2n) is 9.90. The van der Waals surface area contributed by atoms with Crippen LogP contribution >= 0.6 is 15.6 Å². The van der Waals surface area contributed by atoms with Crippen molar-refractivity contribution in [1.29, 1.82) is 0 Å². The Balaban J connectivity index is 1.20. The van der Waals surface area contributed by atoms with Crippen molar-refractivity contribution in [1.82, 2.24) is 39.0 Å². The van der Waals surface area contributed by atoms with E-state index < -0.39 is 77.9 Å². The molecule has 3 saturated heterocycles. The maximum absolute atomic E-state index is 13.1. The number of imidazole rings is 2. The Morgan fingerprint density at radius 2 is 1.23 bits per heavy atom. The SMILES string of the molecule is Nc1ncnc2c1ncn2[C@@H]1O[C@@H]2COP(=O)([O-])O[C@@H]3[C@H](O)[C@@H](COP(=O)([O-])O[C@H]2[C@H]1O)O[C@H]3n1cnc2c(N)ncnc21. The van der Waals surface area contributed by atoms with Crippen molar-refractivity contribution in [3.63, 3.8) is 0 Å². The average molecular weight is 656 g/mol. The van der Waals surface area contributed by atoms with E-state index in [9.17, 15) is 29.1 Å². The predicted molar refractivity (Wildman–Crippen MR) is 136 cm³/mol. The minimum Gasteiger partial charge on any atom is -0.756 e. The van der Waals surface area contributed by atoms with E-state index in [2.05, 4.69) is 29.9 Å². The smallest absolute Gasteiger partial charge is 0.268 e. The number of nitrogens with zero attached hydrogens (tertiary/aromatic N) is 8. The number of aliphatic hydroxyl groups is 2. The number of hydrogen-bond donors (Lipinski definition) is 4. The van der Waals surface area contributed by atoms with E-state index in [-0.39, 0.29) is 34.0 Å². The number of rotatable bonds is 2. The molecule has 4 aromatic rings. The number of nitrogen functional groups attached to an aromatic ring is 2. The molecule has 3 aliphatic heterocycles. The molecule has 6 N–H and O–H groups in total. The molecule has 2 unspecified atom stereocenters. The molecule has 24 heteroatoms. The van der Waals surface area contributed by atoms with Gasteiger partial charge in [0.15, 0.2) is 35.4 Å². The van der Waals surface area contributed by atoms with Gasteiger partial charge in [-0.05, 0) is 0 Å². The number of phosphoric acid groups is 2. The van der Waals surface area contributed by atoms with Gasteiger partial charge in [-0.15, -0.1) is 0 Å². The van der Waals surface area contributed by atoms with Crippen LogP contribution in [0.4, 0.5) is 11.6 Å². The molecule has 44 heavy (non-hydrogen) atoms. The zero-order valence-electron chi connectivity index (χ0n) is 21.9. The summed E-state index contributed by atoms with van der Waals surface area (Å²) < 4.78 is 60.4. The molecule has 7 heterocycles. The van der Waals surface area contributed by atoms with E-state index in [4.69, 9.17) is 39.0 Å². The first-order valence-corrected chi connectivity index (χ1v) is 15.7. The second kappa shape index (κ2) is 10.7. The number of aromatic nitrogens is 8. The Morgan fingerprint density at radius 3 is 1.82 bits per heavy atom. The summed E-state index contributed by atoms with van der Waals surface area (Å²) in [5.74, 6) is 0.0440. The summed E-state index contributed by atoms with van der Waals surface area (Å²) >= 11 is 0. The lowest BCUT2D eigenvalue weighted by Gasteiger charge is -2.32. The van der Waals surface area contributed by atoms with Gasteiger partial charge in [0.1, 0.15) is 60.3 Å². The fourth-order valence-electron chi connectivity index (χ4n) is 5.21. The molecular weight excluding hydrogens is 634 g/mol. The molecule has 22 nitrogen and oxygen atoms in total. The monoisotopic (exact) mass is 656 g/mol. The van der Waals surface area contributed by atoms with E-state index in [0.29, 0.717) is 0 Å². The zero-order valence-corrected chi connectivity index (χ0v) is 23.7. The molecule has 10 atom stereocenters. The van der Waals surface area contributed by atoms with E-state index in [1.807, 2.05) is 0 Å². The standard InChI is InChI=1S/C20H24N10O12P2/c21-15-9-17(25-3-23-15)29(5-27-9)19-12(32)13-8(40-19)2-38-44(35,36)42-14-11(31)7(1-37-43(33,34)41-13)39-20(14)30-6-28-10-16(22)24-4-26-18(10)30/h3-8,11-14,19-20,31-32H,1-2H2,(H,33,34)(H,35,36)(H2,21,23,25)(H2,22,24,26)/p-2/t7-,8-,11-,12-,13-,14-,19-,20-/m1/s1. The van der Waals surface area contributed by atoms with Crippen LogP contribution in [0, 0.1) is 0 Å². The first-order valence-electron chi connectivity index (χ1n) is 12.7. The van der Waals surface area contributed by atoms with Crippen molar-refractivity contribution < 1.29 is 56.7 Å². The van der Waals surface area contributed by atoms with Crippen LogP contribution < -0.4 is 21.3 Å². The van der Waals surface area contributed by atoms with Crippen molar-refractivity contribution in [2.75, 3.05) is 24.7 Å². The number of hydrogen-bond acceptors (Lipinski definition) is 20. The van der Waals surface area contributed by atoms with E-state index in [1.165, 1.54) is 21.8 Å². The van der Waals surface area contributed by atoms with Gasteiger partial charge in [-0.25, -0.2) is 29.9 Å². The molecule has 236 valence electrons. The van der Waals surface area contributed by atoms with Crippen LogP contribution in [0.25, 0.3) is 22.3 Å². The molecule has 0 aliphatic carbocycles. The lowest BCUT2D eigenvalue weighted by Crippen LogP contribution is -2.37. The summed E-state index contributed by atoms with van der Waals surface area (Å²) in [6.07, 6.45) is -8.06. The van der Waals surface area contributed by atoms with Crippen LogP contribution in [-0.2, 0) is 36.7 Å². The van der Waals surface area contributed by atoms with Crippen molar-refractivity contribution >= 4 is 49.6 Å². The van der Waals surface area contributed by atoms with Gasteiger partial charge in [0, 0.05) is 0 Å². The molecule has 7 rings (SSSR count). The number of phosphoric ester groups is 2. The highest BCUT2D eigenvalue weighted by Gasteiger charge is 2.51. The number of fused-ring (bicyclic) bond motifs is 5. The minimum absolute atomic E-state index is 0.0141. The summed E-state index contributed by atoms with van der Waals surface area (Å²) in [5.41, 5.74) is 12.2. The Kier molecular flexibility index (Phi) is 7.16. The van der Waals surface area contributed by atoms with Gasteiger partial charge in [0.05, 0.1) is 25.9 Å². The van der Waals surface area contributed by atoms with E-state index in [0.717, 1.165) is 12.7 Å². The van der Waals surface area contributed by atoms with Gasteiger partial charge < -0.3 is 59.0 Å². The topological polar surface area (TPSA) is 315 Å². The fourth-order valence-corrected chi connectivity index (χ4v) is 7.07. The maximum atomic E-state index is 13.1. The molecule has 3 fully saturated rings. The van der Waals surface area contributed by atoms with Crippen molar-refractivity contribution in [2.45, 2.75) is 49.1 Å². The summed E-state index contributed by atoms with van der Waals surface area (Å²) in [7, 11) is -10.6. The normalized spacial score (nSPS) is 38.3. The van der Waals surface area contributed by atoms with E-state index in [1.54, 1.807) is 0 Å². The Labute approximate surface area is 244 Å². The van der Waals surface area contributed by atoms with Crippen molar-refractivity contribution in [3.8, 4) is 0 Å². The maximum Gasteiger partial charge on any atom is 0.268 e. The van der Waals surface area contributed by atoms with Gasteiger partial charge >= 0.3 is 0 Å². The first-order chi connectivity index (χ1) is 20.9. The second-order valence-corrected chi connectivity index (χ2v) is 12.6. The number of nitrogens with two attached hydrogens (primary N) is 2. The van der Waals surface area contributed by atoms with Gasteiger partial charge in [-0.2, -0.15) is 0 Å². The first kappa shape index (κ1) is 29.5. The highest BCUT2D eigenvalue weighted by atomic mass is 31.2. The van der Waals surface area contributed by atoms with Crippen LogP contribution in [0.15, 0.2) is 25.3 Å². The molecule has 4 aromatic heterocycles. The molecule has 0 spiro atoms. The summed E-state index contributed by atoms with van der Waals surface area (Å²) in [6, 6.07) is 0. The van der Waals surface area contributed by atoms with Crippen LogP contribution in [0.3, 0.4) is 0 Å². The molecule has 2 bridgehead atoms. The third-order valence-electron chi connectivity index (χ3n) is 7.24. The Hall–Kier alpha value is -3.24. The highest BCUT2D eigenvalue weighted by Crippen LogP contribution is 2.51. The summed E-state index contributed by atoms with van der Waals surface area (Å²) in [6.45, 7) is -1.73. The fraction of sp³-hybridized carbons (Fsp3) is 0.500.